The zero-order valence-electron chi connectivity index (χ0n) is 7.82. The molecular formula is C10H5Br2FN2O. The highest BCUT2D eigenvalue weighted by atomic mass is 79.9. The molecule has 16 heavy (non-hydrogen) atoms. The van der Waals surface area contributed by atoms with Gasteiger partial charge < -0.3 is 4.74 Å². The first-order valence-corrected chi connectivity index (χ1v) is 5.84. The Bertz CT molecular complexity index is 522. The Morgan fingerprint density at radius 1 is 1.19 bits per heavy atom. The van der Waals surface area contributed by atoms with Gasteiger partial charge in [0.2, 0.25) is 5.88 Å². The number of rotatable bonds is 2. The quantitative estimate of drug-likeness (QED) is 0.825. The highest BCUT2D eigenvalue weighted by molar-refractivity contribution is 9.11. The molecule has 6 heteroatoms. The van der Waals surface area contributed by atoms with Gasteiger partial charge in [0.1, 0.15) is 17.9 Å². The van der Waals surface area contributed by atoms with Gasteiger partial charge in [0.25, 0.3) is 0 Å². The summed E-state index contributed by atoms with van der Waals surface area (Å²) in [6, 6.07) is 4.18. The Hall–Kier alpha value is -1.01. The standard InChI is InChI=1S/C10H5Br2FN2O/c11-7-2-1-6(13)3-9(7)16-10-8(12)4-14-5-15-10/h1-5H. The minimum atomic E-state index is -0.372. The average molecular weight is 348 g/mol. The fraction of sp³-hybridized carbons (Fsp3) is 0. The van der Waals surface area contributed by atoms with Gasteiger partial charge in [-0.1, -0.05) is 0 Å². The van der Waals surface area contributed by atoms with E-state index in [2.05, 4.69) is 41.8 Å². The summed E-state index contributed by atoms with van der Waals surface area (Å²) in [5.41, 5.74) is 0. The van der Waals surface area contributed by atoms with Crippen LogP contribution < -0.4 is 4.74 Å². The highest BCUT2D eigenvalue weighted by Gasteiger charge is 2.08. The third-order valence-electron chi connectivity index (χ3n) is 1.73. The van der Waals surface area contributed by atoms with Crippen LogP contribution in [0, 0.1) is 5.82 Å². The third kappa shape index (κ3) is 2.56. The monoisotopic (exact) mass is 346 g/mol. The molecule has 0 bridgehead atoms. The molecule has 1 aromatic heterocycles. The second kappa shape index (κ2) is 4.88. The van der Waals surface area contributed by atoms with Crippen LogP contribution in [-0.2, 0) is 0 Å². The van der Waals surface area contributed by atoms with E-state index in [-0.39, 0.29) is 5.82 Å². The molecule has 82 valence electrons. The number of aromatic nitrogens is 2. The number of benzene rings is 1. The van der Waals surface area contributed by atoms with Crippen molar-refractivity contribution in [3.8, 4) is 11.6 Å². The number of ether oxygens (including phenoxy) is 1. The average Bonchev–Trinajstić information content (AvgIpc) is 2.27. The molecule has 0 aliphatic carbocycles. The summed E-state index contributed by atoms with van der Waals surface area (Å²) in [5.74, 6) is 0.323. The fourth-order valence-electron chi connectivity index (χ4n) is 1.04. The van der Waals surface area contributed by atoms with Crippen LogP contribution in [0.3, 0.4) is 0 Å². The van der Waals surface area contributed by atoms with Crippen molar-refractivity contribution in [1.29, 1.82) is 0 Å². The van der Waals surface area contributed by atoms with Crippen LogP contribution >= 0.6 is 31.9 Å². The number of halogens is 3. The molecule has 1 heterocycles. The molecule has 0 unspecified atom stereocenters. The Morgan fingerprint density at radius 2 is 2.00 bits per heavy atom. The van der Waals surface area contributed by atoms with E-state index in [9.17, 15) is 4.39 Å². The number of hydrogen-bond acceptors (Lipinski definition) is 3. The Kier molecular flexibility index (Phi) is 3.50. The van der Waals surface area contributed by atoms with Crippen molar-refractivity contribution in [3.05, 3.63) is 45.5 Å². The molecule has 0 fully saturated rings. The van der Waals surface area contributed by atoms with Crippen molar-refractivity contribution >= 4 is 31.9 Å². The van der Waals surface area contributed by atoms with Crippen LogP contribution in [0.15, 0.2) is 39.7 Å². The molecule has 0 aliphatic rings. The van der Waals surface area contributed by atoms with Crippen LogP contribution in [0.1, 0.15) is 0 Å². The van der Waals surface area contributed by atoms with E-state index in [4.69, 9.17) is 4.74 Å². The van der Waals surface area contributed by atoms with Crippen molar-refractivity contribution in [2.75, 3.05) is 0 Å². The van der Waals surface area contributed by atoms with Crippen molar-refractivity contribution in [3.63, 3.8) is 0 Å². The predicted molar refractivity (Wildman–Crippen MR) is 63.9 cm³/mol. The van der Waals surface area contributed by atoms with Crippen LogP contribution in [0.5, 0.6) is 11.6 Å². The Labute approximate surface area is 108 Å². The summed E-state index contributed by atoms with van der Waals surface area (Å²) < 4.78 is 19.7. The van der Waals surface area contributed by atoms with Gasteiger partial charge in [0.15, 0.2) is 0 Å². The van der Waals surface area contributed by atoms with Gasteiger partial charge in [-0.2, -0.15) is 0 Å². The zero-order chi connectivity index (χ0) is 11.5. The molecule has 0 saturated carbocycles. The van der Waals surface area contributed by atoms with Gasteiger partial charge >= 0.3 is 0 Å². The minimum absolute atomic E-state index is 0.335. The maximum atomic E-state index is 13.0. The molecular weight excluding hydrogens is 343 g/mol. The molecule has 2 rings (SSSR count). The first-order valence-electron chi connectivity index (χ1n) is 4.25. The van der Waals surface area contributed by atoms with Crippen LogP contribution in [-0.4, -0.2) is 9.97 Å². The maximum absolute atomic E-state index is 13.0. The van der Waals surface area contributed by atoms with Crippen molar-refractivity contribution in [1.82, 2.24) is 9.97 Å². The van der Waals surface area contributed by atoms with Crippen LogP contribution in [0.2, 0.25) is 0 Å². The van der Waals surface area contributed by atoms with Crippen LogP contribution in [0.4, 0.5) is 4.39 Å². The lowest BCUT2D eigenvalue weighted by molar-refractivity contribution is 0.450. The Balaban J connectivity index is 2.34. The summed E-state index contributed by atoms with van der Waals surface area (Å²) in [5, 5.41) is 0. The van der Waals surface area contributed by atoms with Gasteiger partial charge in [-0.25, -0.2) is 14.4 Å². The second-order valence-corrected chi connectivity index (χ2v) is 4.56. The molecule has 2 aromatic rings. The van der Waals surface area contributed by atoms with E-state index in [1.54, 1.807) is 12.3 Å². The van der Waals surface area contributed by atoms with Gasteiger partial charge in [-0.15, -0.1) is 0 Å². The van der Waals surface area contributed by atoms with Gasteiger partial charge in [0.05, 0.1) is 8.95 Å². The minimum Gasteiger partial charge on any atom is -0.436 e. The molecule has 3 nitrogen and oxygen atoms in total. The smallest absolute Gasteiger partial charge is 0.236 e. The maximum Gasteiger partial charge on any atom is 0.236 e. The summed E-state index contributed by atoms with van der Waals surface area (Å²) in [6.45, 7) is 0. The van der Waals surface area contributed by atoms with Crippen molar-refractivity contribution < 1.29 is 9.13 Å². The molecule has 0 spiro atoms. The predicted octanol–water partition coefficient (Wildman–Crippen LogP) is 3.93. The van der Waals surface area contributed by atoms with E-state index in [1.807, 2.05) is 0 Å². The van der Waals surface area contributed by atoms with E-state index < -0.39 is 0 Å². The molecule has 0 N–H and O–H groups in total. The zero-order valence-corrected chi connectivity index (χ0v) is 11.0. The summed E-state index contributed by atoms with van der Waals surface area (Å²) in [7, 11) is 0. The SMILES string of the molecule is Fc1ccc(Br)c(Oc2ncncc2Br)c1. The fourth-order valence-corrected chi connectivity index (χ4v) is 1.67. The van der Waals surface area contributed by atoms with E-state index in [1.165, 1.54) is 18.5 Å². The van der Waals surface area contributed by atoms with Crippen molar-refractivity contribution in [2.45, 2.75) is 0 Å². The Morgan fingerprint density at radius 3 is 2.75 bits per heavy atom. The third-order valence-corrected chi connectivity index (χ3v) is 2.93. The molecule has 0 amide bonds. The topological polar surface area (TPSA) is 35.0 Å². The van der Waals surface area contributed by atoms with Crippen molar-refractivity contribution in [2.24, 2.45) is 0 Å². The molecule has 0 atom stereocenters. The van der Waals surface area contributed by atoms with Crippen LogP contribution in [0.25, 0.3) is 0 Å². The lowest BCUT2D eigenvalue weighted by Crippen LogP contribution is -1.91. The first-order chi connectivity index (χ1) is 7.66. The second-order valence-electron chi connectivity index (χ2n) is 2.85. The molecule has 0 saturated heterocycles. The van der Waals surface area contributed by atoms with Gasteiger partial charge in [-0.3, -0.25) is 0 Å². The number of hydrogen-bond donors (Lipinski definition) is 0. The lowest BCUT2D eigenvalue weighted by Gasteiger charge is -2.07. The molecule has 0 radical (unpaired) electrons. The first kappa shape index (κ1) is 11.5. The van der Waals surface area contributed by atoms with E-state index in [0.29, 0.717) is 20.6 Å². The largest absolute Gasteiger partial charge is 0.436 e. The summed E-state index contributed by atoms with van der Waals surface area (Å²) >= 11 is 6.50. The number of nitrogens with zero attached hydrogens (tertiary/aromatic N) is 2. The molecule has 1 aromatic carbocycles. The van der Waals surface area contributed by atoms with Gasteiger partial charge in [-0.05, 0) is 44.0 Å². The van der Waals surface area contributed by atoms with Gasteiger partial charge in [0, 0.05) is 12.3 Å². The van der Waals surface area contributed by atoms with E-state index >= 15 is 0 Å². The highest BCUT2D eigenvalue weighted by Crippen LogP contribution is 2.32. The summed E-state index contributed by atoms with van der Waals surface area (Å²) in [6.07, 6.45) is 2.91. The normalized spacial score (nSPS) is 10.2. The summed E-state index contributed by atoms with van der Waals surface area (Å²) in [4.78, 5) is 7.72. The lowest BCUT2D eigenvalue weighted by atomic mass is 10.3. The molecule has 0 aliphatic heterocycles. The van der Waals surface area contributed by atoms with E-state index in [0.717, 1.165) is 0 Å².